The van der Waals surface area contributed by atoms with Crippen LogP contribution in [0.4, 0.5) is 0 Å². The second-order valence-electron chi connectivity index (χ2n) is 5.04. The zero-order chi connectivity index (χ0) is 16.1. The van der Waals surface area contributed by atoms with Crippen LogP contribution in [0.15, 0.2) is 35.3 Å². The van der Waals surface area contributed by atoms with Crippen LogP contribution in [0.2, 0.25) is 5.02 Å². The second kappa shape index (κ2) is 7.20. The molecule has 0 radical (unpaired) electrons. The summed E-state index contributed by atoms with van der Waals surface area (Å²) >= 11 is 5.82. The van der Waals surface area contributed by atoms with E-state index in [1.807, 2.05) is 19.0 Å². The van der Waals surface area contributed by atoms with Crippen LogP contribution in [0, 0.1) is 0 Å². The van der Waals surface area contributed by atoms with Gasteiger partial charge in [-0.1, -0.05) is 11.6 Å². The van der Waals surface area contributed by atoms with E-state index < -0.39 is 11.5 Å². The van der Waals surface area contributed by atoms with E-state index in [9.17, 15) is 9.59 Å². The zero-order valence-electron chi connectivity index (χ0n) is 12.4. The van der Waals surface area contributed by atoms with Crippen molar-refractivity contribution < 1.29 is 4.79 Å². The van der Waals surface area contributed by atoms with Gasteiger partial charge in [-0.05, 0) is 38.4 Å². The van der Waals surface area contributed by atoms with Gasteiger partial charge in [0.15, 0.2) is 0 Å². The first-order valence-electron chi connectivity index (χ1n) is 6.75. The first-order valence-corrected chi connectivity index (χ1v) is 7.13. The van der Waals surface area contributed by atoms with Gasteiger partial charge in [0.25, 0.3) is 11.5 Å². The normalized spacial score (nSPS) is 10.7. The van der Waals surface area contributed by atoms with Crippen LogP contribution in [-0.2, 0) is 0 Å². The molecule has 2 rings (SSSR count). The predicted molar refractivity (Wildman–Crippen MR) is 86.2 cm³/mol. The Balaban J connectivity index is 2.14. The van der Waals surface area contributed by atoms with Gasteiger partial charge < -0.3 is 15.2 Å². The van der Waals surface area contributed by atoms with Gasteiger partial charge in [0.1, 0.15) is 11.4 Å². The van der Waals surface area contributed by atoms with Gasteiger partial charge in [-0.15, -0.1) is 0 Å². The van der Waals surface area contributed by atoms with Gasteiger partial charge in [0.2, 0.25) is 0 Å². The number of H-pyrrole nitrogens is 1. The molecule has 0 unspecified atom stereocenters. The summed E-state index contributed by atoms with van der Waals surface area (Å²) in [5, 5.41) is 3.28. The van der Waals surface area contributed by atoms with Crippen LogP contribution in [0.3, 0.4) is 0 Å². The fraction of sp³-hybridized carbons (Fsp3) is 0.267. The number of hydrogen-bond donors (Lipinski definition) is 2. The number of hydrogen-bond acceptors (Lipinski definition) is 4. The van der Waals surface area contributed by atoms with Gasteiger partial charge in [0, 0.05) is 29.9 Å². The molecule has 0 aliphatic heterocycles. The van der Waals surface area contributed by atoms with Gasteiger partial charge in [-0.3, -0.25) is 9.59 Å². The lowest BCUT2D eigenvalue weighted by atomic mass is 10.2. The molecule has 0 fully saturated rings. The number of carbonyl (C=O) groups is 1. The van der Waals surface area contributed by atoms with E-state index in [4.69, 9.17) is 11.6 Å². The molecule has 0 bridgehead atoms. The van der Waals surface area contributed by atoms with Crippen molar-refractivity contribution in [2.75, 3.05) is 27.2 Å². The van der Waals surface area contributed by atoms with Crippen LogP contribution in [-0.4, -0.2) is 48.0 Å². The third kappa shape index (κ3) is 4.16. The molecule has 22 heavy (non-hydrogen) atoms. The number of aromatic amines is 1. The number of halogens is 1. The largest absolute Gasteiger partial charge is 0.351 e. The van der Waals surface area contributed by atoms with Crippen molar-refractivity contribution in [3.8, 4) is 11.4 Å². The summed E-state index contributed by atoms with van der Waals surface area (Å²) in [7, 11) is 3.81. The van der Waals surface area contributed by atoms with Crippen molar-refractivity contribution >= 4 is 17.5 Å². The molecule has 1 heterocycles. The van der Waals surface area contributed by atoms with Crippen LogP contribution >= 0.6 is 11.6 Å². The van der Waals surface area contributed by atoms with Crippen LogP contribution in [0.25, 0.3) is 11.4 Å². The lowest BCUT2D eigenvalue weighted by molar-refractivity contribution is 0.0949. The molecule has 0 atom stereocenters. The minimum Gasteiger partial charge on any atom is -0.351 e. The SMILES string of the molecule is CN(C)CCNC(=O)c1cnc(-c2ccc(Cl)cc2)[nH]c1=O. The highest BCUT2D eigenvalue weighted by atomic mass is 35.5. The molecule has 1 amide bonds. The Labute approximate surface area is 133 Å². The maximum Gasteiger partial charge on any atom is 0.264 e. The number of benzene rings is 1. The molecular weight excluding hydrogens is 304 g/mol. The monoisotopic (exact) mass is 320 g/mol. The van der Waals surface area contributed by atoms with Crippen molar-refractivity contribution in [3.63, 3.8) is 0 Å². The topological polar surface area (TPSA) is 78.1 Å². The highest BCUT2D eigenvalue weighted by Gasteiger charge is 2.12. The highest BCUT2D eigenvalue weighted by Crippen LogP contribution is 2.16. The Morgan fingerprint density at radius 3 is 2.59 bits per heavy atom. The molecule has 0 saturated carbocycles. The van der Waals surface area contributed by atoms with Crippen LogP contribution in [0.5, 0.6) is 0 Å². The third-order valence-corrected chi connectivity index (χ3v) is 3.26. The molecule has 0 spiro atoms. The maximum atomic E-state index is 12.0. The number of rotatable bonds is 5. The number of aromatic nitrogens is 2. The zero-order valence-corrected chi connectivity index (χ0v) is 13.1. The minimum atomic E-state index is -0.470. The van der Waals surface area contributed by atoms with E-state index >= 15 is 0 Å². The molecule has 2 N–H and O–H groups in total. The molecular formula is C15H17ClN4O2. The summed E-state index contributed by atoms with van der Waals surface area (Å²) in [5.74, 6) is -0.0373. The molecule has 1 aromatic carbocycles. The Hall–Kier alpha value is -2.18. The quantitative estimate of drug-likeness (QED) is 0.872. The van der Waals surface area contributed by atoms with E-state index in [0.717, 1.165) is 5.56 Å². The van der Waals surface area contributed by atoms with E-state index in [2.05, 4.69) is 15.3 Å². The molecule has 116 valence electrons. The van der Waals surface area contributed by atoms with Crippen molar-refractivity contribution in [2.45, 2.75) is 0 Å². The van der Waals surface area contributed by atoms with Crippen molar-refractivity contribution in [2.24, 2.45) is 0 Å². The van der Waals surface area contributed by atoms with E-state index in [-0.39, 0.29) is 5.56 Å². The molecule has 6 nitrogen and oxygen atoms in total. The van der Waals surface area contributed by atoms with Crippen molar-refractivity contribution in [3.05, 3.63) is 51.4 Å². The van der Waals surface area contributed by atoms with Gasteiger partial charge in [0.05, 0.1) is 0 Å². The third-order valence-electron chi connectivity index (χ3n) is 3.01. The molecule has 0 aliphatic rings. The number of nitrogens with zero attached hydrogens (tertiary/aromatic N) is 2. The van der Waals surface area contributed by atoms with E-state index in [1.165, 1.54) is 6.20 Å². The first-order chi connectivity index (χ1) is 10.5. The fourth-order valence-corrected chi connectivity index (χ4v) is 1.93. The van der Waals surface area contributed by atoms with Crippen LogP contribution < -0.4 is 10.9 Å². The summed E-state index contributed by atoms with van der Waals surface area (Å²) < 4.78 is 0. The minimum absolute atomic E-state index is 0.00327. The highest BCUT2D eigenvalue weighted by molar-refractivity contribution is 6.30. The molecule has 0 saturated heterocycles. The average molecular weight is 321 g/mol. The summed E-state index contributed by atoms with van der Waals surface area (Å²) in [6.07, 6.45) is 1.29. The Morgan fingerprint density at radius 1 is 1.32 bits per heavy atom. The summed E-state index contributed by atoms with van der Waals surface area (Å²) in [6.45, 7) is 1.16. The molecule has 1 aromatic heterocycles. The summed E-state index contributed by atoms with van der Waals surface area (Å²) in [6, 6.07) is 6.91. The van der Waals surface area contributed by atoms with Gasteiger partial charge >= 0.3 is 0 Å². The maximum absolute atomic E-state index is 12.0. The first kappa shape index (κ1) is 16.2. The van der Waals surface area contributed by atoms with Crippen LogP contribution in [0.1, 0.15) is 10.4 Å². The van der Waals surface area contributed by atoms with E-state index in [0.29, 0.717) is 23.9 Å². The smallest absolute Gasteiger partial charge is 0.264 e. The van der Waals surface area contributed by atoms with E-state index in [1.54, 1.807) is 24.3 Å². The number of nitrogens with one attached hydrogen (secondary N) is 2. The molecule has 0 aliphatic carbocycles. The fourth-order valence-electron chi connectivity index (χ4n) is 1.80. The Morgan fingerprint density at radius 2 is 2.00 bits per heavy atom. The average Bonchev–Trinajstić information content (AvgIpc) is 2.47. The standard InChI is InChI=1S/C15H17ClN4O2/c1-20(2)8-7-17-14(21)12-9-18-13(19-15(12)22)10-3-5-11(16)6-4-10/h3-6,9H,7-8H2,1-2H3,(H,17,21)(H,18,19,22). The summed E-state index contributed by atoms with van der Waals surface area (Å²) in [4.78, 5) is 32.6. The number of likely N-dealkylation sites (N-methyl/N-ethyl adjacent to an activating group) is 1. The lowest BCUT2D eigenvalue weighted by Crippen LogP contribution is -2.34. The number of amides is 1. The van der Waals surface area contributed by atoms with Crippen molar-refractivity contribution in [1.29, 1.82) is 0 Å². The lowest BCUT2D eigenvalue weighted by Gasteiger charge is -2.10. The second-order valence-corrected chi connectivity index (χ2v) is 5.48. The Kier molecular flexibility index (Phi) is 5.30. The predicted octanol–water partition coefficient (Wildman–Crippen LogP) is 1.38. The summed E-state index contributed by atoms with van der Waals surface area (Å²) in [5.41, 5.74) is 0.250. The van der Waals surface area contributed by atoms with Gasteiger partial charge in [-0.2, -0.15) is 0 Å². The Bertz CT molecular complexity index is 710. The molecule has 2 aromatic rings. The van der Waals surface area contributed by atoms with Crippen molar-refractivity contribution in [1.82, 2.24) is 20.2 Å². The number of carbonyl (C=O) groups excluding carboxylic acids is 1. The molecule has 7 heteroatoms. The van der Waals surface area contributed by atoms with Gasteiger partial charge in [-0.25, -0.2) is 4.98 Å².